The number of hydrogen-bond acceptors (Lipinski definition) is 4. The maximum Gasteiger partial charge on any atom is 0.490 e. The summed E-state index contributed by atoms with van der Waals surface area (Å²) in [5, 5.41) is 17.0. The summed E-state index contributed by atoms with van der Waals surface area (Å²) in [6, 6.07) is 8.68. The van der Waals surface area contributed by atoms with E-state index in [0.717, 1.165) is 45.3 Å². The van der Waals surface area contributed by atoms with E-state index >= 15 is 0 Å². The van der Waals surface area contributed by atoms with Crippen molar-refractivity contribution in [2.75, 3.05) is 13.6 Å². The highest BCUT2D eigenvalue weighted by Gasteiger charge is 2.38. The number of rotatable bonds is 6. The van der Waals surface area contributed by atoms with Crippen molar-refractivity contribution in [3.63, 3.8) is 0 Å². The maximum atomic E-state index is 11.0. The van der Waals surface area contributed by atoms with Gasteiger partial charge in [-0.15, -0.1) is 0 Å². The number of carbonyl (C=O) groups is 2. The lowest BCUT2D eigenvalue weighted by Gasteiger charge is -2.24. The summed E-state index contributed by atoms with van der Waals surface area (Å²) in [6.07, 6.45) is -0.718. The molecule has 1 aliphatic rings. The molecule has 2 heterocycles. The lowest BCUT2D eigenvalue weighted by Crippen LogP contribution is -2.27. The molecule has 3 N–H and O–H groups in total. The number of aromatic nitrogens is 1. The molecule has 10 heteroatoms. The lowest BCUT2D eigenvalue weighted by molar-refractivity contribution is -0.192. The Bertz CT molecular complexity index is 880. The summed E-state index contributed by atoms with van der Waals surface area (Å²) < 4.78 is 34.2. The topological polar surface area (TPSA) is 94.8 Å². The third-order valence-electron chi connectivity index (χ3n) is 5.01. The van der Waals surface area contributed by atoms with Gasteiger partial charge in [0.05, 0.1) is 0 Å². The van der Waals surface area contributed by atoms with Crippen molar-refractivity contribution in [2.24, 2.45) is 0 Å². The number of amides is 1. The number of carboxylic acids is 1. The fourth-order valence-corrected chi connectivity index (χ4v) is 3.58. The highest BCUT2D eigenvalue weighted by molar-refractivity contribution is 5.85. The first-order chi connectivity index (χ1) is 14.1. The average molecular weight is 429 g/mol. The Balaban J connectivity index is 0.000000396. The summed E-state index contributed by atoms with van der Waals surface area (Å²) >= 11 is 0. The zero-order chi connectivity index (χ0) is 22.3. The molecule has 0 aliphatic carbocycles. The van der Waals surface area contributed by atoms with Crippen molar-refractivity contribution >= 4 is 22.8 Å². The third kappa shape index (κ3) is 6.20. The predicted molar refractivity (Wildman–Crippen MR) is 104 cm³/mol. The second kappa shape index (κ2) is 10.4. The molecular weight excluding hydrogens is 403 g/mol. The Hall–Kier alpha value is -2.59. The molecule has 0 radical (unpaired) electrons. The Morgan fingerprint density at radius 2 is 1.83 bits per heavy atom. The molecule has 0 fully saturated rings. The highest BCUT2D eigenvalue weighted by atomic mass is 19.4. The van der Waals surface area contributed by atoms with Crippen LogP contribution in [0.15, 0.2) is 24.3 Å². The number of fused-ring (bicyclic) bond motifs is 3. The molecule has 1 amide bonds. The second-order valence-corrected chi connectivity index (χ2v) is 7.23. The third-order valence-corrected chi connectivity index (χ3v) is 5.01. The van der Waals surface area contributed by atoms with Crippen LogP contribution in [0.2, 0.25) is 0 Å². The van der Waals surface area contributed by atoms with Crippen molar-refractivity contribution in [1.82, 2.24) is 14.9 Å². The first kappa shape index (κ1) is 23.7. The Morgan fingerprint density at radius 3 is 2.47 bits per heavy atom. The number of carboxylic acid groups (broad SMARTS) is 1. The van der Waals surface area contributed by atoms with E-state index in [4.69, 9.17) is 15.1 Å². The number of unbranched alkanes of at least 4 members (excludes halogenated alkanes) is 2. The Morgan fingerprint density at radius 1 is 1.17 bits per heavy atom. The molecule has 1 aliphatic heterocycles. The van der Waals surface area contributed by atoms with Crippen LogP contribution in [-0.4, -0.2) is 51.4 Å². The van der Waals surface area contributed by atoms with Gasteiger partial charge in [0.15, 0.2) is 0 Å². The summed E-state index contributed by atoms with van der Waals surface area (Å²) in [5.41, 5.74) is 5.99. The molecule has 3 rings (SSSR count). The molecule has 0 atom stereocenters. The van der Waals surface area contributed by atoms with Gasteiger partial charge >= 0.3 is 12.1 Å². The van der Waals surface area contributed by atoms with Crippen molar-refractivity contribution in [3.8, 4) is 0 Å². The molecule has 1 aromatic carbocycles. The van der Waals surface area contributed by atoms with Crippen LogP contribution >= 0.6 is 0 Å². The van der Waals surface area contributed by atoms with Crippen LogP contribution in [0.4, 0.5) is 13.2 Å². The number of likely N-dealkylation sites (N-methyl/N-ethyl adjacent to an activating group) is 1. The van der Waals surface area contributed by atoms with Crippen LogP contribution in [0.25, 0.3) is 10.9 Å². The van der Waals surface area contributed by atoms with Gasteiger partial charge in [-0.05, 0) is 31.5 Å². The van der Waals surface area contributed by atoms with Gasteiger partial charge in [-0.25, -0.2) is 10.3 Å². The van der Waals surface area contributed by atoms with Crippen LogP contribution < -0.4 is 5.48 Å². The molecule has 0 unspecified atom stereocenters. The molecule has 0 spiro atoms. The van der Waals surface area contributed by atoms with E-state index in [1.165, 1.54) is 22.2 Å². The zero-order valence-electron chi connectivity index (χ0n) is 16.7. The molecule has 0 bridgehead atoms. The lowest BCUT2D eigenvalue weighted by atomic mass is 10.1. The SMILES string of the molecule is CN1CCc2c(c3ccccc3n2CCCCCC(=O)NO)C1.O=C(O)C(F)(F)F. The minimum absolute atomic E-state index is 0.295. The van der Waals surface area contributed by atoms with Gasteiger partial charge in [0, 0.05) is 49.1 Å². The number of hydroxylamine groups is 1. The molecule has 2 aromatic rings. The van der Waals surface area contributed by atoms with Gasteiger partial charge in [-0.1, -0.05) is 24.6 Å². The van der Waals surface area contributed by atoms with Crippen LogP contribution in [-0.2, 0) is 29.1 Å². The number of nitrogens with zero attached hydrogens (tertiary/aromatic N) is 2. The van der Waals surface area contributed by atoms with Crippen molar-refractivity contribution in [3.05, 3.63) is 35.5 Å². The summed E-state index contributed by atoms with van der Waals surface area (Å²) in [6.45, 7) is 3.14. The van der Waals surface area contributed by atoms with Gasteiger partial charge < -0.3 is 14.6 Å². The van der Waals surface area contributed by atoms with E-state index in [1.54, 1.807) is 5.48 Å². The van der Waals surface area contributed by atoms with E-state index in [-0.39, 0.29) is 5.91 Å². The van der Waals surface area contributed by atoms with E-state index < -0.39 is 12.1 Å². The van der Waals surface area contributed by atoms with E-state index in [1.807, 2.05) is 0 Å². The first-order valence-electron chi connectivity index (χ1n) is 9.65. The van der Waals surface area contributed by atoms with Gasteiger partial charge in [0.25, 0.3) is 0 Å². The van der Waals surface area contributed by atoms with Crippen molar-refractivity contribution in [2.45, 2.75) is 51.4 Å². The van der Waals surface area contributed by atoms with Crippen LogP contribution in [0.1, 0.15) is 36.9 Å². The molecular formula is C20H26F3N3O4. The molecule has 30 heavy (non-hydrogen) atoms. The van der Waals surface area contributed by atoms with Crippen LogP contribution in [0, 0.1) is 0 Å². The maximum absolute atomic E-state index is 11.0. The molecule has 1 aromatic heterocycles. The number of para-hydroxylation sites is 1. The highest BCUT2D eigenvalue weighted by Crippen LogP contribution is 2.30. The Kier molecular flexibility index (Phi) is 8.24. The van der Waals surface area contributed by atoms with Crippen LogP contribution in [0.5, 0.6) is 0 Å². The van der Waals surface area contributed by atoms with Gasteiger partial charge in [0.2, 0.25) is 5.91 Å². The second-order valence-electron chi connectivity index (χ2n) is 7.23. The van der Waals surface area contributed by atoms with Crippen molar-refractivity contribution in [1.29, 1.82) is 0 Å². The smallest absolute Gasteiger partial charge is 0.475 e. The number of aryl methyl sites for hydroxylation is 1. The average Bonchev–Trinajstić information content (AvgIpc) is 3.00. The fraction of sp³-hybridized carbons (Fsp3) is 0.500. The minimum Gasteiger partial charge on any atom is -0.475 e. The summed E-state index contributed by atoms with van der Waals surface area (Å²) in [4.78, 5) is 22.3. The largest absolute Gasteiger partial charge is 0.490 e. The number of hydrogen-bond donors (Lipinski definition) is 3. The minimum atomic E-state index is -5.08. The summed E-state index contributed by atoms with van der Waals surface area (Å²) in [5.74, 6) is -3.05. The van der Waals surface area contributed by atoms with Crippen molar-refractivity contribution < 1.29 is 33.1 Å². The standard InChI is InChI=1S/C18H25N3O2.C2HF3O2/c1-20-12-10-17-15(13-20)14-7-4-5-8-16(14)21(17)11-6-2-3-9-18(22)19-23;3-2(4,5)1(6)7/h4-5,7-8,23H,2-3,6,9-13H2,1H3,(H,19,22);(H,6,7). The molecule has 0 saturated carbocycles. The quantitative estimate of drug-likeness (QED) is 0.372. The number of carbonyl (C=O) groups excluding carboxylic acids is 1. The number of halogens is 3. The van der Waals surface area contributed by atoms with Gasteiger partial charge in [-0.2, -0.15) is 13.2 Å². The number of aliphatic carboxylic acids is 1. The van der Waals surface area contributed by atoms with E-state index in [9.17, 15) is 18.0 Å². The first-order valence-corrected chi connectivity index (χ1v) is 9.65. The zero-order valence-corrected chi connectivity index (χ0v) is 16.7. The molecule has 7 nitrogen and oxygen atoms in total. The Labute approximate surface area is 172 Å². The van der Waals surface area contributed by atoms with E-state index in [0.29, 0.717) is 6.42 Å². The molecule has 166 valence electrons. The number of nitrogens with one attached hydrogen (secondary N) is 1. The fourth-order valence-electron chi connectivity index (χ4n) is 3.58. The number of benzene rings is 1. The normalized spacial score (nSPS) is 14.0. The molecule has 0 saturated heterocycles. The number of alkyl halides is 3. The predicted octanol–water partition coefficient (Wildman–Crippen LogP) is 3.33. The van der Waals surface area contributed by atoms with Gasteiger partial charge in [-0.3, -0.25) is 10.0 Å². The van der Waals surface area contributed by atoms with E-state index in [2.05, 4.69) is 40.8 Å². The summed E-state index contributed by atoms with van der Waals surface area (Å²) in [7, 11) is 2.18. The van der Waals surface area contributed by atoms with Crippen LogP contribution in [0.3, 0.4) is 0 Å². The van der Waals surface area contributed by atoms with Gasteiger partial charge in [0.1, 0.15) is 0 Å². The monoisotopic (exact) mass is 429 g/mol.